The van der Waals surface area contributed by atoms with E-state index in [-0.39, 0.29) is 14.8 Å². The van der Waals surface area contributed by atoms with Gasteiger partial charge in [0.05, 0.1) is 14.8 Å². The summed E-state index contributed by atoms with van der Waals surface area (Å²) in [6.45, 7) is 0. The van der Waals surface area contributed by atoms with Crippen LogP contribution in [0, 0.1) is 0 Å². The Labute approximate surface area is 162 Å². The Morgan fingerprint density at radius 1 is 1.15 bits per heavy atom. The third kappa shape index (κ3) is 4.31. The molecule has 5 nitrogen and oxygen atoms in total. The van der Waals surface area contributed by atoms with Crippen molar-refractivity contribution >= 4 is 48.9 Å². The molecule has 2 aromatic rings. The van der Waals surface area contributed by atoms with Gasteiger partial charge >= 0.3 is 0 Å². The third-order valence-corrected chi connectivity index (χ3v) is 7.89. The van der Waals surface area contributed by atoms with Crippen LogP contribution in [-0.2, 0) is 32.0 Å². The molecule has 0 bridgehead atoms. The minimum atomic E-state index is -3.93. The van der Waals surface area contributed by atoms with E-state index in [4.69, 9.17) is 11.6 Å². The van der Waals surface area contributed by atoms with Gasteiger partial charge in [0, 0.05) is 29.9 Å². The van der Waals surface area contributed by atoms with Crippen molar-refractivity contribution in [3.63, 3.8) is 0 Å². The van der Waals surface area contributed by atoms with Crippen LogP contribution < -0.4 is 0 Å². The van der Waals surface area contributed by atoms with Gasteiger partial charge in [-0.25, -0.2) is 8.42 Å². The van der Waals surface area contributed by atoms with Gasteiger partial charge < -0.3 is 0 Å². The summed E-state index contributed by atoms with van der Waals surface area (Å²) in [5.41, 5.74) is 2.16. The second-order valence-electron chi connectivity index (χ2n) is 5.95. The molecule has 0 fully saturated rings. The van der Waals surface area contributed by atoms with Crippen LogP contribution in [0.15, 0.2) is 56.7 Å². The molecule has 0 saturated carbocycles. The predicted molar refractivity (Wildman–Crippen MR) is 105 cm³/mol. The monoisotopic (exact) mass is 429 g/mol. The Morgan fingerprint density at radius 2 is 1.85 bits per heavy atom. The number of nitrogens with zero attached hydrogens (tertiary/aromatic N) is 1. The van der Waals surface area contributed by atoms with E-state index >= 15 is 0 Å². The predicted octanol–water partition coefficient (Wildman–Crippen LogP) is 3.36. The van der Waals surface area contributed by atoms with Crippen LogP contribution in [0.2, 0.25) is 5.02 Å². The fourth-order valence-corrected chi connectivity index (χ4v) is 6.39. The molecule has 1 aliphatic heterocycles. The van der Waals surface area contributed by atoms with Crippen LogP contribution in [0.25, 0.3) is 0 Å². The molecule has 138 valence electrons. The summed E-state index contributed by atoms with van der Waals surface area (Å²) < 4.78 is 52.4. The lowest BCUT2D eigenvalue weighted by Crippen LogP contribution is -2.19. The molecule has 0 spiro atoms. The lowest BCUT2D eigenvalue weighted by atomic mass is 10.1. The van der Waals surface area contributed by atoms with E-state index in [9.17, 15) is 16.8 Å². The number of hydrogen-bond acceptors (Lipinski definition) is 5. The topological polar surface area (TPSA) is 80.6 Å². The van der Waals surface area contributed by atoms with Crippen molar-refractivity contribution in [1.29, 1.82) is 0 Å². The number of benzene rings is 2. The molecule has 3 rings (SSSR count). The van der Waals surface area contributed by atoms with Gasteiger partial charge in [-0.3, -0.25) is 0 Å². The molecule has 0 aliphatic carbocycles. The Balaban J connectivity index is 1.83. The zero-order valence-corrected chi connectivity index (χ0v) is 17.1. The zero-order chi connectivity index (χ0) is 18.9. The van der Waals surface area contributed by atoms with E-state index in [2.05, 4.69) is 4.40 Å². The highest BCUT2D eigenvalue weighted by Crippen LogP contribution is 2.32. The SMILES string of the molecule is CS(=O)(=O)c1cc2c(cc1Cl)CC(CSCc1ccccc1)=NS2(=O)=O. The van der Waals surface area contributed by atoms with Crippen LogP contribution in [0.1, 0.15) is 11.1 Å². The smallest absolute Gasteiger partial charge is 0.224 e. The number of sulfonamides is 1. The summed E-state index contributed by atoms with van der Waals surface area (Å²) >= 11 is 7.63. The number of fused-ring (bicyclic) bond motifs is 1. The van der Waals surface area contributed by atoms with Crippen molar-refractivity contribution < 1.29 is 16.8 Å². The number of sulfone groups is 1. The van der Waals surface area contributed by atoms with E-state index in [1.165, 1.54) is 6.07 Å². The van der Waals surface area contributed by atoms with Gasteiger partial charge in [-0.05, 0) is 23.3 Å². The normalized spacial score (nSPS) is 16.0. The first-order valence-corrected chi connectivity index (χ1v) is 12.5. The van der Waals surface area contributed by atoms with Crippen molar-refractivity contribution in [2.24, 2.45) is 4.40 Å². The standard InChI is InChI=1S/C17H16ClNO4S3/c1-25(20,21)17-9-16-13(8-15(17)18)7-14(19-26(16,22)23)11-24-10-12-5-3-2-4-6-12/h2-6,8-9H,7,10-11H2,1H3. The molecule has 9 heteroatoms. The second kappa shape index (κ2) is 7.34. The van der Waals surface area contributed by atoms with Gasteiger partial charge in [0.2, 0.25) is 0 Å². The molecule has 0 aromatic heterocycles. The summed E-state index contributed by atoms with van der Waals surface area (Å²) in [6, 6.07) is 12.4. The summed E-state index contributed by atoms with van der Waals surface area (Å²) in [6.07, 6.45) is 1.32. The van der Waals surface area contributed by atoms with Crippen LogP contribution in [0.3, 0.4) is 0 Å². The first-order valence-electron chi connectivity index (χ1n) is 7.64. The van der Waals surface area contributed by atoms with Gasteiger partial charge in [-0.2, -0.15) is 24.6 Å². The maximum Gasteiger partial charge on any atom is 0.282 e. The molecular weight excluding hydrogens is 414 g/mol. The largest absolute Gasteiger partial charge is 0.282 e. The molecule has 2 aromatic carbocycles. The molecular formula is C17H16ClNO4S3. The fraction of sp³-hybridized carbons (Fsp3) is 0.235. The van der Waals surface area contributed by atoms with Crippen molar-refractivity contribution in [3.05, 3.63) is 58.6 Å². The van der Waals surface area contributed by atoms with Gasteiger partial charge in [-0.15, -0.1) is 0 Å². The van der Waals surface area contributed by atoms with E-state index in [0.29, 0.717) is 23.4 Å². The lowest BCUT2D eigenvalue weighted by Gasteiger charge is -2.17. The van der Waals surface area contributed by atoms with Gasteiger partial charge in [0.15, 0.2) is 9.84 Å². The second-order valence-corrected chi connectivity index (χ2v) is 10.9. The number of rotatable bonds is 5. The van der Waals surface area contributed by atoms with Crippen molar-refractivity contribution in [2.45, 2.75) is 22.0 Å². The Hall–Kier alpha value is -1.35. The minimum absolute atomic E-state index is 0.0274. The van der Waals surface area contributed by atoms with E-state index in [0.717, 1.165) is 23.6 Å². The number of halogens is 1. The fourth-order valence-electron chi connectivity index (χ4n) is 2.65. The van der Waals surface area contributed by atoms with E-state index in [1.54, 1.807) is 11.8 Å². The Bertz CT molecular complexity index is 1080. The minimum Gasteiger partial charge on any atom is -0.224 e. The molecule has 1 heterocycles. The average molecular weight is 430 g/mol. The van der Waals surface area contributed by atoms with Gasteiger partial charge in [0.1, 0.15) is 0 Å². The van der Waals surface area contributed by atoms with E-state index < -0.39 is 19.9 Å². The average Bonchev–Trinajstić information content (AvgIpc) is 2.53. The molecule has 0 amide bonds. The van der Waals surface area contributed by atoms with Crippen molar-refractivity contribution in [1.82, 2.24) is 0 Å². The first-order chi connectivity index (χ1) is 12.2. The summed E-state index contributed by atoms with van der Waals surface area (Å²) in [4.78, 5) is -0.280. The molecule has 0 radical (unpaired) electrons. The third-order valence-electron chi connectivity index (χ3n) is 3.82. The lowest BCUT2D eigenvalue weighted by molar-refractivity contribution is 0.595. The van der Waals surface area contributed by atoms with Gasteiger partial charge in [-0.1, -0.05) is 41.9 Å². The van der Waals surface area contributed by atoms with Gasteiger partial charge in [0.25, 0.3) is 10.0 Å². The highest BCUT2D eigenvalue weighted by molar-refractivity contribution is 7.99. The molecule has 26 heavy (non-hydrogen) atoms. The van der Waals surface area contributed by atoms with Crippen molar-refractivity contribution in [3.8, 4) is 0 Å². The van der Waals surface area contributed by atoms with Crippen LogP contribution >= 0.6 is 23.4 Å². The summed E-state index contributed by atoms with van der Waals surface area (Å²) in [5, 5.41) is 0.0274. The highest BCUT2D eigenvalue weighted by Gasteiger charge is 2.28. The Morgan fingerprint density at radius 3 is 2.50 bits per heavy atom. The quantitative estimate of drug-likeness (QED) is 0.727. The van der Waals surface area contributed by atoms with Crippen molar-refractivity contribution in [2.75, 3.05) is 12.0 Å². The molecule has 1 aliphatic rings. The highest BCUT2D eigenvalue weighted by atomic mass is 35.5. The molecule has 0 N–H and O–H groups in total. The zero-order valence-electron chi connectivity index (χ0n) is 13.8. The Kier molecular flexibility index (Phi) is 5.48. The number of thioether (sulfide) groups is 1. The summed E-state index contributed by atoms with van der Waals surface area (Å²) in [7, 11) is -7.56. The van der Waals surface area contributed by atoms with Crippen LogP contribution in [0.5, 0.6) is 0 Å². The number of hydrogen-bond donors (Lipinski definition) is 0. The first kappa shape index (κ1) is 19.4. The maximum atomic E-state index is 12.5. The molecule has 0 atom stereocenters. The molecule has 0 unspecified atom stereocenters. The maximum absolute atomic E-state index is 12.5. The van der Waals surface area contributed by atoms with E-state index in [1.807, 2.05) is 30.3 Å². The van der Waals surface area contributed by atoms with Crippen LogP contribution in [-0.4, -0.2) is 34.6 Å². The summed E-state index contributed by atoms with van der Waals surface area (Å²) in [5.74, 6) is 1.22. The van der Waals surface area contributed by atoms with Crippen LogP contribution in [0.4, 0.5) is 0 Å². The molecule has 0 saturated heterocycles.